The van der Waals surface area contributed by atoms with Gasteiger partial charge in [0.2, 0.25) is 0 Å². The number of hydrogen-bond acceptors (Lipinski definition) is 4. The van der Waals surface area contributed by atoms with E-state index in [0.29, 0.717) is 0 Å². The van der Waals surface area contributed by atoms with E-state index in [-0.39, 0.29) is 25.3 Å². The van der Waals surface area contributed by atoms with Crippen LogP contribution in [0, 0.1) is 11.8 Å². The first-order valence-electron chi connectivity index (χ1n) is 6.31. The van der Waals surface area contributed by atoms with Crippen molar-refractivity contribution in [2.75, 3.05) is 13.1 Å². The molecule has 2 atom stereocenters. The van der Waals surface area contributed by atoms with E-state index in [1.165, 1.54) is 11.8 Å². The number of nitrogens with zero attached hydrogens (tertiary/aromatic N) is 1. The van der Waals surface area contributed by atoms with Crippen molar-refractivity contribution in [3.8, 4) is 0 Å². The quantitative estimate of drug-likeness (QED) is 0.823. The maximum Gasteiger partial charge on any atom is 0.410 e. The van der Waals surface area contributed by atoms with Gasteiger partial charge in [-0.15, -0.1) is 0 Å². The van der Waals surface area contributed by atoms with E-state index in [4.69, 9.17) is 9.84 Å². The molecule has 1 N–H and O–H groups in total. The predicted octanol–water partition coefficient (Wildman–Crippen LogP) is 1.53. The number of carbonyl (C=O) groups excluding carboxylic acids is 2. The summed E-state index contributed by atoms with van der Waals surface area (Å²) in [7, 11) is 0. The summed E-state index contributed by atoms with van der Waals surface area (Å²) >= 11 is 0. The van der Waals surface area contributed by atoms with Crippen LogP contribution in [0.5, 0.6) is 0 Å². The van der Waals surface area contributed by atoms with Gasteiger partial charge in [-0.3, -0.25) is 9.59 Å². The summed E-state index contributed by atoms with van der Waals surface area (Å²) in [6.45, 7) is 6.97. The highest BCUT2D eigenvalue weighted by Gasteiger charge is 2.37. The Labute approximate surface area is 112 Å². The van der Waals surface area contributed by atoms with Gasteiger partial charge in [-0.05, 0) is 34.1 Å². The molecule has 0 bridgehead atoms. The van der Waals surface area contributed by atoms with Crippen molar-refractivity contribution in [2.24, 2.45) is 11.8 Å². The monoisotopic (exact) mass is 271 g/mol. The summed E-state index contributed by atoms with van der Waals surface area (Å²) in [5.41, 5.74) is -0.640. The Kier molecular flexibility index (Phi) is 4.55. The number of likely N-dealkylation sites (tertiary alicyclic amines) is 1. The first-order valence-corrected chi connectivity index (χ1v) is 6.31. The van der Waals surface area contributed by atoms with Gasteiger partial charge in [0.05, 0.1) is 5.92 Å². The smallest absolute Gasteiger partial charge is 0.410 e. The highest BCUT2D eigenvalue weighted by atomic mass is 16.6. The third-order valence-electron chi connectivity index (χ3n) is 3.03. The average Bonchev–Trinajstić information content (AvgIpc) is 2.25. The topological polar surface area (TPSA) is 83.9 Å². The van der Waals surface area contributed by atoms with Crippen LogP contribution in [0.4, 0.5) is 4.79 Å². The fourth-order valence-corrected chi connectivity index (χ4v) is 2.05. The molecule has 1 amide bonds. The summed E-state index contributed by atoms with van der Waals surface area (Å²) in [5.74, 6) is -2.23. The van der Waals surface area contributed by atoms with Crippen LogP contribution < -0.4 is 0 Å². The van der Waals surface area contributed by atoms with E-state index in [2.05, 4.69) is 0 Å². The Bertz CT molecular complexity index is 363. The first kappa shape index (κ1) is 15.5. The number of carbonyl (C=O) groups is 3. The third kappa shape index (κ3) is 4.54. The lowest BCUT2D eigenvalue weighted by Crippen LogP contribution is -2.49. The van der Waals surface area contributed by atoms with Crippen LogP contribution in [0.3, 0.4) is 0 Å². The largest absolute Gasteiger partial charge is 0.481 e. The molecule has 6 heteroatoms. The SMILES string of the molecule is CC(=O)[C@H]1C[C@@H](C(=O)O)CN(C(=O)OC(C)(C)C)C1. The fraction of sp³-hybridized carbons (Fsp3) is 0.769. The number of carboxylic acids is 1. The van der Waals surface area contributed by atoms with Crippen LogP contribution in [0.15, 0.2) is 0 Å². The molecule has 6 nitrogen and oxygen atoms in total. The predicted molar refractivity (Wildman–Crippen MR) is 67.7 cm³/mol. The molecule has 1 fully saturated rings. The fourth-order valence-electron chi connectivity index (χ4n) is 2.05. The molecule has 108 valence electrons. The van der Waals surface area contributed by atoms with E-state index < -0.39 is 29.5 Å². The van der Waals surface area contributed by atoms with Crippen molar-refractivity contribution >= 4 is 17.8 Å². The van der Waals surface area contributed by atoms with E-state index in [1.54, 1.807) is 20.8 Å². The number of ketones is 1. The molecule has 0 aliphatic carbocycles. The lowest BCUT2D eigenvalue weighted by atomic mass is 9.87. The molecule has 0 aromatic carbocycles. The number of aliphatic carboxylic acids is 1. The Morgan fingerprint density at radius 2 is 1.68 bits per heavy atom. The Morgan fingerprint density at radius 3 is 2.11 bits per heavy atom. The van der Waals surface area contributed by atoms with Gasteiger partial charge in [0.25, 0.3) is 0 Å². The van der Waals surface area contributed by atoms with Gasteiger partial charge in [0, 0.05) is 19.0 Å². The van der Waals surface area contributed by atoms with Crippen molar-refractivity contribution in [1.82, 2.24) is 4.90 Å². The average molecular weight is 271 g/mol. The normalized spacial score (nSPS) is 23.9. The van der Waals surface area contributed by atoms with Crippen molar-refractivity contribution in [3.63, 3.8) is 0 Å². The van der Waals surface area contributed by atoms with Crippen molar-refractivity contribution in [1.29, 1.82) is 0 Å². The van der Waals surface area contributed by atoms with Gasteiger partial charge in [-0.25, -0.2) is 4.79 Å². The van der Waals surface area contributed by atoms with Crippen LogP contribution in [0.2, 0.25) is 0 Å². The number of ether oxygens (including phenoxy) is 1. The summed E-state index contributed by atoms with van der Waals surface area (Å²) < 4.78 is 5.22. The molecule has 0 unspecified atom stereocenters. The van der Waals surface area contributed by atoms with Crippen LogP contribution in [0.25, 0.3) is 0 Å². The highest BCUT2D eigenvalue weighted by molar-refractivity contribution is 5.81. The molecular weight excluding hydrogens is 250 g/mol. The Morgan fingerprint density at radius 1 is 1.16 bits per heavy atom. The van der Waals surface area contributed by atoms with Crippen molar-refractivity contribution in [2.45, 2.75) is 39.7 Å². The molecule has 0 saturated carbocycles. The second-order valence-corrected chi connectivity index (χ2v) is 5.96. The minimum Gasteiger partial charge on any atom is -0.481 e. The van der Waals surface area contributed by atoms with Crippen molar-refractivity contribution < 1.29 is 24.2 Å². The van der Waals surface area contributed by atoms with E-state index >= 15 is 0 Å². The highest BCUT2D eigenvalue weighted by Crippen LogP contribution is 2.24. The zero-order chi connectivity index (χ0) is 14.8. The van der Waals surface area contributed by atoms with E-state index in [1.807, 2.05) is 0 Å². The first-order chi connectivity index (χ1) is 8.60. The zero-order valence-corrected chi connectivity index (χ0v) is 11.8. The summed E-state index contributed by atoms with van der Waals surface area (Å²) in [4.78, 5) is 35.8. The van der Waals surface area contributed by atoms with Gasteiger partial charge >= 0.3 is 12.1 Å². The molecular formula is C13H21NO5. The maximum absolute atomic E-state index is 11.9. The molecule has 1 heterocycles. The molecule has 1 rings (SSSR count). The van der Waals surface area contributed by atoms with Gasteiger partial charge < -0.3 is 14.7 Å². The molecule has 0 aromatic rings. The minimum atomic E-state index is -0.987. The lowest BCUT2D eigenvalue weighted by molar-refractivity contribution is -0.144. The number of amides is 1. The third-order valence-corrected chi connectivity index (χ3v) is 3.03. The lowest BCUT2D eigenvalue weighted by Gasteiger charge is -2.36. The molecule has 1 saturated heterocycles. The number of rotatable bonds is 2. The molecule has 1 aliphatic heterocycles. The van der Waals surface area contributed by atoms with Crippen LogP contribution in [-0.4, -0.2) is 46.5 Å². The van der Waals surface area contributed by atoms with Crippen molar-refractivity contribution in [3.05, 3.63) is 0 Å². The zero-order valence-electron chi connectivity index (χ0n) is 11.8. The van der Waals surface area contributed by atoms with E-state index in [9.17, 15) is 14.4 Å². The minimum absolute atomic E-state index is 0.0913. The second kappa shape index (κ2) is 5.59. The Balaban J connectivity index is 2.79. The number of hydrogen-bond donors (Lipinski definition) is 1. The van der Waals surface area contributed by atoms with Gasteiger partial charge in [0.15, 0.2) is 0 Å². The van der Waals surface area contributed by atoms with Gasteiger partial charge in [-0.2, -0.15) is 0 Å². The standard InChI is InChI=1S/C13H21NO5/c1-8(15)9-5-10(11(16)17)7-14(6-9)12(18)19-13(2,3)4/h9-10H,5-7H2,1-4H3,(H,16,17)/t9-,10+/m0/s1. The molecule has 0 aromatic heterocycles. The molecule has 0 radical (unpaired) electrons. The molecule has 1 aliphatic rings. The number of piperidine rings is 1. The van der Waals surface area contributed by atoms with Crippen LogP contribution in [0.1, 0.15) is 34.1 Å². The van der Waals surface area contributed by atoms with Crippen LogP contribution >= 0.6 is 0 Å². The van der Waals surface area contributed by atoms with Crippen LogP contribution in [-0.2, 0) is 14.3 Å². The summed E-state index contributed by atoms with van der Waals surface area (Å²) in [6.07, 6.45) is -0.283. The van der Waals surface area contributed by atoms with Gasteiger partial charge in [-0.1, -0.05) is 0 Å². The number of Topliss-reactive ketones (excluding diaryl/α,β-unsaturated/α-hetero) is 1. The summed E-state index contributed by atoms with van der Waals surface area (Å²) in [6, 6.07) is 0. The molecule has 19 heavy (non-hydrogen) atoms. The second-order valence-electron chi connectivity index (χ2n) is 5.96. The maximum atomic E-state index is 11.9. The number of carboxylic acid groups (broad SMARTS) is 1. The van der Waals surface area contributed by atoms with E-state index in [0.717, 1.165) is 0 Å². The summed E-state index contributed by atoms with van der Waals surface area (Å²) in [5, 5.41) is 9.08. The van der Waals surface area contributed by atoms with Gasteiger partial charge in [0.1, 0.15) is 11.4 Å². The molecule has 0 spiro atoms. The Hall–Kier alpha value is -1.59.